The number of non-ortho nitro benzene ring substituents is 1. The molecule has 3 rings (SSSR count). The number of aromatic nitrogens is 1. The molecule has 0 saturated carbocycles. The van der Waals surface area contributed by atoms with Gasteiger partial charge in [-0.25, -0.2) is 4.39 Å². The van der Waals surface area contributed by atoms with Crippen molar-refractivity contribution in [2.75, 3.05) is 0 Å². The summed E-state index contributed by atoms with van der Waals surface area (Å²) in [5, 5.41) is 20.4. The van der Waals surface area contributed by atoms with Gasteiger partial charge in [0.25, 0.3) is 5.69 Å². The van der Waals surface area contributed by atoms with Gasteiger partial charge in [-0.1, -0.05) is 12.1 Å². The van der Waals surface area contributed by atoms with Crippen LogP contribution in [-0.4, -0.2) is 15.3 Å². The molecule has 2 aromatic carbocycles. The van der Waals surface area contributed by atoms with E-state index in [9.17, 15) is 24.6 Å². The number of hydrogen-bond acceptors (Lipinski definition) is 4. The van der Waals surface area contributed by atoms with E-state index in [0.29, 0.717) is 5.56 Å². The Morgan fingerprint density at radius 2 is 1.86 bits per heavy atom. The van der Waals surface area contributed by atoms with E-state index in [-0.39, 0.29) is 22.6 Å². The number of nitro benzene ring substituents is 1. The lowest BCUT2D eigenvalue weighted by molar-refractivity contribution is -0.384. The van der Waals surface area contributed by atoms with Gasteiger partial charge in [-0.05, 0) is 55.8 Å². The first kappa shape index (κ1) is 19.7. The quantitative estimate of drug-likeness (QED) is 0.203. The monoisotopic (exact) mass is 389 g/mol. The Hall–Kier alpha value is -4.05. The number of nitro groups is 1. The lowest BCUT2D eigenvalue weighted by atomic mass is 10.0. The SMILES string of the molecule is Cc1cc(/C=C(\C#N)C(=O)c2cccc([N+](=O)[O-])c2)c(C)n1-c1ccc(F)cc1. The summed E-state index contributed by atoms with van der Waals surface area (Å²) < 4.78 is 15.1. The van der Waals surface area contributed by atoms with E-state index < -0.39 is 10.7 Å². The lowest BCUT2D eigenvalue weighted by Gasteiger charge is -2.09. The van der Waals surface area contributed by atoms with Crippen molar-refractivity contribution in [2.24, 2.45) is 0 Å². The normalized spacial score (nSPS) is 11.2. The lowest BCUT2D eigenvalue weighted by Crippen LogP contribution is -2.03. The molecule has 144 valence electrons. The summed E-state index contributed by atoms with van der Waals surface area (Å²) >= 11 is 0. The summed E-state index contributed by atoms with van der Waals surface area (Å²) in [4.78, 5) is 23.0. The number of halogens is 1. The van der Waals surface area contributed by atoms with Crippen LogP contribution in [0.1, 0.15) is 27.3 Å². The molecule has 0 N–H and O–H groups in total. The summed E-state index contributed by atoms with van der Waals surface area (Å²) in [5.74, 6) is -0.937. The van der Waals surface area contributed by atoms with E-state index in [0.717, 1.165) is 23.1 Å². The summed E-state index contributed by atoms with van der Waals surface area (Å²) in [5.41, 5.74) is 2.74. The van der Waals surface area contributed by atoms with Gasteiger partial charge in [0.15, 0.2) is 0 Å². The molecule has 0 bridgehead atoms. The average molecular weight is 389 g/mol. The van der Waals surface area contributed by atoms with Crippen LogP contribution in [0.2, 0.25) is 0 Å². The van der Waals surface area contributed by atoms with Gasteiger partial charge in [0.2, 0.25) is 5.78 Å². The van der Waals surface area contributed by atoms with Crippen LogP contribution in [0, 0.1) is 41.1 Å². The van der Waals surface area contributed by atoms with Crippen LogP contribution in [0.25, 0.3) is 11.8 Å². The highest BCUT2D eigenvalue weighted by atomic mass is 19.1. The van der Waals surface area contributed by atoms with Gasteiger partial charge in [0, 0.05) is 34.8 Å². The van der Waals surface area contributed by atoms with Crippen LogP contribution in [0.3, 0.4) is 0 Å². The minimum absolute atomic E-state index is 0.0688. The first-order valence-corrected chi connectivity index (χ1v) is 8.67. The third kappa shape index (κ3) is 3.96. The number of rotatable bonds is 5. The van der Waals surface area contributed by atoms with E-state index in [1.807, 2.05) is 30.6 Å². The van der Waals surface area contributed by atoms with Gasteiger partial charge in [-0.2, -0.15) is 5.26 Å². The second kappa shape index (κ2) is 7.90. The zero-order chi connectivity index (χ0) is 21.1. The van der Waals surface area contributed by atoms with E-state index in [2.05, 4.69) is 0 Å². The molecule has 1 aromatic heterocycles. The van der Waals surface area contributed by atoms with Crippen molar-refractivity contribution in [1.82, 2.24) is 4.57 Å². The Bertz CT molecular complexity index is 1190. The molecule has 0 atom stereocenters. The van der Waals surface area contributed by atoms with Crippen LogP contribution in [-0.2, 0) is 0 Å². The summed E-state index contributed by atoms with van der Waals surface area (Å²) in [6, 6.07) is 15.0. The molecule has 1 heterocycles. The molecule has 0 unspecified atom stereocenters. The zero-order valence-corrected chi connectivity index (χ0v) is 15.7. The van der Waals surface area contributed by atoms with Crippen LogP contribution < -0.4 is 0 Å². The molecule has 0 amide bonds. The van der Waals surface area contributed by atoms with Gasteiger partial charge >= 0.3 is 0 Å². The number of carbonyl (C=O) groups excluding carboxylic acids is 1. The zero-order valence-electron chi connectivity index (χ0n) is 15.7. The predicted molar refractivity (Wildman–Crippen MR) is 106 cm³/mol. The van der Waals surface area contributed by atoms with Gasteiger partial charge in [-0.3, -0.25) is 14.9 Å². The van der Waals surface area contributed by atoms with Gasteiger partial charge < -0.3 is 4.57 Å². The Morgan fingerprint density at radius 1 is 1.17 bits per heavy atom. The molecule has 0 aliphatic rings. The van der Waals surface area contributed by atoms with Crippen molar-refractivity contribution in [2.45, 2.75) is 13.8 Å². The van der Waals surface area contributed by atoms with Crippen molar-refractivity contribution in [3.63, 3.8) is 0 Å². The van der Waals surface area contributed by atoms with E-state index >= 15 is 0 Å². The molecular formula is C22H16FN3O3. The number of benzene rings is 2. The van der Waals surface area contributed by atoms with Crippen molar-refractivity contribution < 1.29 is 14.1 Å². The Morgan fingerprint density at radius 3 is 2.48 bits per heavy atom. The highest BCUT2D eigenvalue weighted by Gasteiger charge is 2.17. The maximum atomic E-state index is 13.2. The summed E-state index contributed by atoms with van der Waals surface area (Å²) in [6.07, 6.45) is 1.46. The van der Waals surface area contributed by atoms with Crippen molar-refractivity contribution in [1.29, 1.82) is 5.26 Å². The fraction of sp³-hybridized carbons (Fsp3) is 0.0909. The number of Topliss-reactive ketones (excluding diaryl/α,β-unsaturated/α-hetero) is 1. The maximum absolute atomic E-state index is 13.2. The molecule has 29 heavy (non-hydrogen) atoms. The topological polar surface area (TPSA) is 88.9 Å². The van der Waals surface area contributed by atoms with Crippen LogP contribution >= 0.6 is 0 Å². The first-order chi connectivity index (χ1) is 13.8. The Kier molecular flexibility index (Phi) is 5.37. The number of nitriles is 1. The second-order valence-electron chi connectivity index (χ2n) is 6.44. The fourth-order valence-corrected chi connectivity index (χ4v) is 3.14. The smallest absolute Gasteiger partial charge is 0.270 e. The number of allylic oxidation sites excluding steroid dienone is 1. The first-order valence-electron chi connectivity index (χ1n) is 8.67. The number of aryl methyl sites for hydroxylation is 1. The van der Waals surface area contributed by atoms with Gasteiger partial charge in [0.05, 0.1) is 4.92 Å². The minimum atomic E-state index is -0.595. The Labute approximate surface area is 166 Å². The molecule has 0 radical (unpaired) electrons. The molecule has 0 spiro atoms. The highest BCUT2D eigenvalue weighted by Crippen LogP contribution is 2.24. The minimum Gasteiger partial charge on any atom is -0.318 e. The third-order valence-corrected chi connectivity index (χ3v) is 4.54. The molecule has 0 saturated heterocycles. The average Bonchev–Trinajstić information content (AvgIpc) is 2.99. The summed E-state index contributed by atoms with van der Waals surface area (Å²) in [7, 11) is 0. The Balaban J connectivity index is 2.02. The number of carbonyl (C=O) groups is 1. The van der Waals surface area contributed by atoms with Crippen LogP contribution in [0.4, 0.5) is 10.1 Å². The number of hydrogen-bond donors (Lipinski definition) is 0. The maximum Gasteiger partial charge on any atom is 0.270 e. The molecular weight excluding hydrogens is 373 g/mol. The predicted octanol–water partition coefficient (Wildman–Crippen LogP) is 4.93. The molecule has 3 aromatic rings. The third-order valence-electron chi connectivity index (χ3n) is 4.54. The van der Waals surface area contributed by atoms with Crippen LogP contribution in [0.15, 0.2) is 60.2 Å². The van der Waals surface area contributed by atoms with Crippen molar-refractivity contribution in [3.8, 4) is 11.8 Å². The van der Waals surface area contributed by atoms with E-state index in [4.69, 9.17) is 0 Å². The molecule has 0 aliphatic carbocycles. The van der Waals surface area contributed by atoms with E-state index in [1.54, 1.807) is 12.1 Å². The molecule has 0 aliphatic heterocycles. The number of ketones is 1. The standard InChI is InChI=1S/C22H16FN3O3/c1-14-10-17(15(2)25(14)20-8-6-19(23)7-9-20)11-18(13-24)22(27)16-4-3-5-21(12-16)26(28)29/h3-12H,1-2H3/b18-11+. The van der Waals surface area contributed by atoms with E-state index in [1.165, 1.54) is 36.4 Å². The second-order valence-corrected chi connectivity index (χ2v) is 6.44. The van der Waals surface area contributed by atoms with Crippen molar-refractivity contribution >= 4 is 17.5 Å². The van der Waals surface area contributed by atoms with Crippen molar-refractivity contribution in [3.05, 3.63) is 98.6 Å². The molecule has 7 heteroatoms. The molecule has 6 nitrogen and oxygen atoms in total. The largest absolute Gasteiger partial charge is 0.318 e. The fourth-order valence-electron chi connectivity index (χ4n) is 3.14. The summed E-state index contributed by atoms with van der Waals surface area (Å²) in [6.45, 7) is 3.69. The number of nitrogens with zero attached hydrogens (tertiary/aromatic N) is 3. The van der Waals surface area contributed by atoms with Gasteiger partial charge in [-0.15, -0.1) is 0 Å². The molecule has 0 fully saturated rings. The van der Waals surface area contributed by atoms with Crippen LogP contribution in [0.5, 0.6) is 0 Å². The highest BCUT2D eigenvalue weighted by molar-refractivity contribution is 6.14. The van der Waals surface area contributed by atoms with Gasteiger partial charge in [0.1, 0.15) is 17.5 Å².